The van der Waals surface area contributed by atoms with Crippen molar-refractivity contribution in [2.75, 3.05) is 12.8 Å². The summed E-state index contributed by atoms with van der Waals surface area (Å²) in [6.45, 7) is 2.04. The molecule has 2 N–H and O–H groups in total. The lowest BCUT2D eigenvalue weighted by Crippen LogP contribution is -2.04. The Hall–Kier alpha value is -2.82. The molecule has 2 aromatic carbocycles. The minimum atomic E-state index is 0.489. The van der Waals surface area contributed by atoms with Crippen LogP contribution in [-0.4, -0.2) is 22.1 Å². The second-order valence-corrected chi connectivity index (χ2v) is 4.77. The summed E-state index contributed by atoms with van der Waals surface area (Å²) in [5.41, 5.74) is 9.78. The number of aromatic nitrogens is 3. The molecule has 3 aromatic rings. The lowest BCUT2D eigenvalue weighted by atomic mass is 10.1. The van der Waals surface area contributed by atoms with Crippen molar-refractivity contribution in [1.29, 1.82) is 0 Å². The quantitative estimate of drug-likeness (QED) is 0.801. The molecule has 0 unspecified atom stereocenters. The van der Waals surface area contributed by atoms with Crippen LogP contribution in [0.25, 0.3) is 16.9 Å². The van der Waals surface area contributed by atoms with Crippen LogP contribution in [0.15, 0.2) is 48.5 Å². The first-order valence-electron chi connectivity index (χ1n) is 6.62. The molecule has 1 heterocycles. The van der Waals surface area contributed by atoms with Crippen molar-refractivity contribution in [3.05, 3.63) is 54.1 Å². The van der Waals surface area contributed by atoms with Gasteiger partial charge in [-0.05, 0) is 19.1 Å². The van der Waals surface area contributed by atoms with Gasteiger partial charge >= 0.3 is 0 Å². The lowest BCUT2D eigenvalue weighted by molar-refractivity contribution is 0.411. The number of methoxy groups -OCH3 is 1. The van der Waals surface area contributed by atoms with E-state index < -0.39 is 0 Å². The van der Waals surface area contributed by atoms with E-state index in [2.05, 4.69) is 10.3 Å². The monoisotopic (exact) mass is 280 g/mol. The summed E-state index contributed by atoms with van der Waals surface area (Å²) in [7, 11) is 1.62. The van der Waals surface area contributed by atoms with Gasteiger partial charge in [0.05, 0.1) is 7.11 Å². The first kappa shape index (κ1) is 13.2. The highest BCUT2D eigenvalue weighted by atomic mass is 16.5. The summed E-state index contributed by atoms with van der Waals surface area (Å²) in [5, 5.41) is 8.35. The zero-order valence-corrected chi connectivity index (χ0v) is 11.9. The summed E-state index contributed by atoms with van der Waals surface area (Å²) in [4.78, 5) is 0. The zero-order chi connectivity index (χ0) is 14.8. The maximum atomic E-state index is 6.21. The SMILES string of the molecule is COc1ccccc1-n1nnc(-c2ccc(C)cc2)c1N. The van der Waals surface area contributed by atoms with Crippen LogP contribution in [0.3, 0.4) is 0 Å². The lowest BCUT2D eigenvalue weighted by Gasteiger charge is -2.08. The average molecular weight is 280 g/mol. The van der Waals surface area contributed by atoms with E-state index in [0.29, 0.717) is 17.3 Å². The van der Waals surface area contributed by atoms with Crippen LogP contribution in [0.2, 0.25) is 0 Å². The molecule has 0 amide bonds. The van der Waals surface area contributed by atoms with Crippen molar-refractivity contribution >= 4 is 5.82 Å². The highest BCUT2D eigenvalue weighted by molar-refractivity contribution is 5.71. The predicted octanol–water partition coefficient (Wildman–Crippen LogP) is 2.83. The van der Waals surface area contributed by atoms with Crippen LogP contribution < -0.4 is 10.5 Å². The van der Waals surface area contributed by atoms with Crippen LogP contribution in [0, 0.1) is 6.92 Å². The molecule has 0 saturated carbocycles. The first-order valence-corrected chi connectivity index (χ1v) is 6.62. The first-order chi connectivity index (χ1) is 10.2. The van der Waals surface area contributed by atoms with Crippen LogP contribution in [-0.2, 0) is 0 Å². The smallest absolute Gasteiger partial charge is 0.156 e. The van der Waals surface area contributed by atoms with Crippen LogP contribution in [0.4, 0.5) is 5.82 Å². The van der Waals surface area contributed by atoms with Gasteiger partial charge in [0, 0.05) is 5.56 Å². The van der Waals surface area contributed by atoms with Crippen molar-refractivity contribution < 1.29 is 4.74 Å². The van der Waals surface area contributed by atoms with Crippen molar-refractivity contribution in [1.82, 2.24) is 15.0 Å². The van der Waals surface area contributed by atoms with E-state index in [4.69, 9.17) is 10.5 Å². The average Bonchev–Trinajstić information content (AvgIpc) is 2.89. The standard InChI is InChI=1S/C16H16N4O/c1-11-7-9-12(10-8-11)15-16(17)20(19-18-15)13-5-3-4-6-14(13)21-2/h3-10H,17H2,1-2H3. The van der Waals surface area contributed by atoms with E-state index in [0.717, 1.165) is 11.3 Å². The highest BCUT2D eigenvalue weighted by Crippen LogP contribution is 2.29. The maximum absolute atomic E-state index is 6.21. The van der Waals surface area contributed by atoms with E-state index in [1.54, 1.807) is 11.8 Å². The minimum Gasteiger partial charge on any atom is -0.494 e. The summed E-state index contributed by atoms with van der Waals surface area (Å²) < 4.78 is 6.93. The van der Waals surface area contributed by atoms with Gasteiger partial charge < -0.3 is 10.5 Å². The number of rotatable bonds is 3. The molecule has 0 atom stereocenters. The topological polar surface area (TPSA) is 66.0 Å². The Morgan fingerprint density at radius 2 is 1.76 bits per heavy atom. The minimum absolute atomic E-state index is 0.489. The van der Waals surface area contributed by atoms with Gasteiger partial charge in [0.1, 0.15) is 17.1 Å². The van der Waals surface area contributed by atoms with E-state index in [-0.39, 0.29) is 0 Å². The van der Waals surface area contributed by atoms with Crippen molar-refractivity contribution in [3.63, 3.8) is 0 Å². The molecule has 106 valence electrons. The fourth-order valence-electron chi connectivity index (χ4n) is 2.19. The maximum Gasteiger partial charge on any atom is 0.156 e. The van der Waals surface area contributed by atoms with Gasteiger partial charge in [0.2, 0.25) is 0 Å². The molecule has 5 nitrogen and oxygen atoms in total. The molecule has 0 saturated heterocycles. The van der Waals surface area contributed by atoms with Crippen LogP contribution in [0.5, 0.6) is 5.75 Å². The predicted molar refractivity (Wildman–Crippen MR) is 82.5 cm³/mol. The van der Waals surface area contributed by atoms with Crippen molar-refractivity contribution in [2.24, 2.45) is 0 Å². The summed E-state index contributed by atoms with van der Waals surface area (Å²) in [6, 6.07) is 15.6. The number of para-hydroxylation sites is 2. The molecule has 0 aliphatic heterocycles. The van der Waals surface area contributed by atoms with Gasteiger partial charge in [0.15, 0.2) is 5.82 Å². The van der Waals surface area contributed by atoms with Crippen LogP contribution in [0.1, 0.15) is 5.56 Å². The number of aryl methyl sites for hydroxylation is 1. The number of nitrogens with zero attached hydrogens (tertiary/aromatic N) is 3. The Balaban J connectivity index is 2.09. The second kappa shape index (κ2) is 5.28. The van der Waals surface area contributed by atoms with Crippen molar-refractivity contribution in [2.45, 2.75) is 6.92 Å². The normalized spacial score (nSPS) is 10.6. The van der Waals surface area contributed by atoms with Gasteiger partial charge in [0.25, 0.3) is 0 Å². The van der Waals surface area contributed by atoms with E-state index in [1.807, 2.05) is 55.5 Å². The molecule has 1 aromatic heterocycles. The van der Waals surface area contributed by atoms with Gasteiger partial charge in [-0.3, -0.25) is 0 Å². The number of anilines is 1. The molecule has 5 heteroatoms. The molecule has 0 fully saturated rings. The fourth-order valence-corrected chi connectivity index (χ4v) is 2.19. The number of ether oxygens (including phenoxy) is 1. The molecular formula is C16H16N4O. The molecule has 0 radical (unpaired) electrons. The second-order valence-electron chi connectivity index (χ2n) is 4.77. The third-order valence-electron chi connectivity index (χ3n) is 3.34. The highest BCUT2D eigenvalue weighted by Gasteiger charge is 2.15. The fraction of sp³-hybridized carbons (Fsp3) is 0.125. The van der Waals surface area contributed by atoms with Gasteiger partial charge in [-0.15, -0.1) is 5.10 Å². The van der Waals surface area contributed by atoms with Gasteiger partial charge in [-0.2, -0.15) is 4.68 Å². The van der Waals surface area contributed by atoms with Gasteiger partial charge in [-0.25, -0.2) is 0 Å². The van der Waals surface area contributed by atoms with Crippen molar-refractivity contribution in [3.8, 4) is 22.7 Å². The molecule has 0 bridgehead atoms. The largest absolute Gasteiger partial charge is 0.494 e. The molecule has 3 rings (SSSR count). The third kappa shape index (κ3) is 2.33. The third-order valence-corrected chi connectivity index (χ3v) is 3.34. The molecule has 21 heavy (non-hydrogen) atoms. The Morgan fingerprint density at radius 1 is 1.05 bits per heavy atom. The number of hydrogen-bond donors (Lipinski definition) is 1. The Bertz CT molecular complexity index is 762. The van der Waals surface area contributed by atoms with E-state index >= 15 is 0 Å². The number of nitrogens with two attached hydrogens (primary N) is 1. The zero-order valence-electron chi connectivity index (χ0n) is 11.9. The van der Waals surface area contributed by atoms with Gasteiger partial charge in [-0.1, -0.05) is 47.2 Å². The molecule has 0 aliphatic carbocycles. The number of nitrogen functional groups attached to an aromatic ring is 1. The summed E-state index contributed by atoms with van der Waals surface area (Å²) >= 11 is 0. The number of hydrogen-bond acceptors (Lipinski definition) is 4. The Morgan fingerprint density at radius 3 is 2.48 bits per heavy atom. The van der Waals surface area contributed by atoms with Crippen LogP contribution >= 0.6 is 0 Å². The van der Waals surface area contributed by atoms with E-state index in [9.17, 15) is 0 Å². The number of benzene rings is 2. The molecular weight excluding hydrogens is 264 g/mol. The summed E-state index contributed by atoms with van der Waals surface area (Å²) in [6.07, 6.45) is 0. The molecule has 0 spiro atoms. The Labute approximate surface area is 123 Å². The van der Waals surface area contributed by atoms with E-state index in [1.165, 1.54) is 5.56 Å². The molecule has 0 aliphatic rings. The summed E-state index contributed by atoms with van der Waals surface area (Å²) in [5.74, 6) is 1.19. The Kier molecular flexibility index (Phi) is 3.31.